The molecule has 0 radical (unpaired) electrons. The number of rotatable bonds is 4. The molecule has 1 atom stereocenters. The highest BCUT2D eigenvalue weighted by Gasteiger charge is 2.62. The molecule has 3 rings (SSSR count). The number of halogens is 7. The Kier molecular flexibility index (Phi) is 7.88. The highest BCUT2D eigenvalue weighted by molar-refractivity contribution is 6.34. The smallest absolute Gasteiger partial charge is 0.407 e. The Bertz CT molecular complexity index is 893. The first kappa shape index (κ1) is 26.4. The van der Waals surface area contributed by atoms with Crippen LogP contribution in [0.5, 0.6) is 0 Å². The molecule has 190 valence electrons. The summed E-state index contributed by atoms with van der Waals surface area (Å²) in [7, 11) is 0. The summed E-state index contributed by atoms with van der Waals surface area (Å²) >= 11 is 6.24. The van der Waals surface area contributed by atoms with E-state index in [1.165, 1.54) is 28.0 Å². The van der Waals surface area contributed by atoms with Crippen LogP contribution in [0, 0.1) is 5.92 Å². The molecule has 1 N–H and O–H groups in total. The number of hydrogen-bond donors (Lipinski definition) is 1. The zero-order valence-corrected chi connectivity index (χ0v) is 18.5. The Morgan fingerprint density at radius 2 is 1.68 bits per heavy atom. The van der Waals surface area contributed by atoms with Crippen LogP contribution in [0.4, 0.5) is 31.1 Å². The molecule has 1 unspecified atom stereocenters. The maximum Gasteiger partial charge on any atom is 0.407 e. The summed E-state index contributed by atoms with van der Waals surface area (Å²) in [6, 6.07) is 2.10. The van der Waals surface area contributed by atoms with Crippen LogP contribution in [0.1, 0.15) is 15.9 Å². The number of carbonyl (C=O) groups excluding carboxylic acids is 1. The molecule has 0 aliphatic carbocycles. The van der Waals surface area contributed by atoms with Crippen LogP contribution >= 0.6 is 11.6 Å². The normalized spacial score (nSPS) is 20.6. The molecule has 1 aromatic carbocycles. The molecule has 2 saturated heterocycles. The molecule has 7 nitrogen and oxygen atoms in total. The molecule has 0 spiro atoms. The number of carboxylic acid groups (broad SMARTS) is 1. The zero-order valence-electron chi connectivity index (χ0n) is 17.7. The standard InChI is InChI=1S/C20H22ClF6N3O4/c21-13-3-1-2-12(15(13)17(31)29-6-8-34-9-7-29)10-28-4-5-30(18(32)33)14(11-28)16(19(22,23)24)20(25,26)27/h1-3,14,16H,4-11H2,(H,32,33). The third-order valence-electron chi connectivity index (χ3n) is 5.84. The maximum absolute atomic E-state index is 13.4. The van der Waals surface area contributed by atoms with Crippen LogP contribution < -0.4 is 0 Å². The number of alkyl halides is 6. The number of morpholine rings is 1. The molecule has 0 saturated carbocycles. The fraction of sp³-hybridized carbons (Fsp3) is 0.600. The van der Waals surface area contributed by atoms with E-state index in [1.54, 1.807) is 0 Å². The Morgan fingerprint density at radius 1 is 1.06 bits per heavy atom. The Balaban J connectivity index is 1.89. The fourth-order valence-corrected chi connectivity index (χ4v) is 4.54. The lowest BCUT2D eigenvalue weighted by Gasteiger charge is -2.44. The second-order valence-electron chi connectivity index (χ2n) is 8.02. The van der Waals surface area contributed by atoms with Gasteiger partial charge in [0.15, 0.2) is 5.92 Å². The third kappa shape index (κ3) is 5.87. The Labute approximate surface area is 195 Å². The summed E-state index contributed by atoms with van der Waals surface area (Å²) in [5, 5.41) is 9.35. The van der Waals surface area contributed by atoms with Gasteiger partial charge in [0.25, 0.3) is 5.91 Å². The minimum atomic E-state index is -5.70. The van der Waals surface area contributed by atoms with E-state index in [2.05, 4.69) is 0 Å². The first-order chi connectivity index (χ1) is 15.8. The van der Waals surface area contributed by atoms with E-state index in [0.717, 1.165) is 0 Å². The van der Waals surface area contributed by atoms with Crippen LogP contribution in [0.15, 0.2) is 18.2 Å². The van der Waals surface area contributed by atoms with Crippen molar-refractivity contribution in [3.63, 3.8) is 0 Å². The molecule has 2 aliphatic rings. The van der Waals surface area contributed by atoms with Gasteiger partial charge in [0.05, 0.1) is 29.8 Å². The molecule has 0 aromatic heterocycles. The molecule has 0 bridgehead atoms. The van der Waals surface area contributed by atoms with Crippen molar-refractivity contribution in [2.24, 2.45) is 5.92 Å². The van der Waals surface area contributed by atoms with E-state index in [9.17, 15) is 41.0 Å². The highest BCUT2D eigenvalue weighted by atomic mass is 35.5. The van der Waals surface area contributed by atoms with Crippen molar-refractivity contribution in [2.75, 3.05) is 45.9 Å². The van der Waals surface area contributed by atoms with Crippen LogP contribution in [-0.4, -0.2) is 96.1 Å². The van der Waals surface area contributed by atoms with Crippen molar-refractivity contribution in [1.82, 2.24) is 14.7 Å². The van der Waals surface area contributed by atoms with E-state index in [4.69, 9.17) is 16.3 Å². The van der Waals surface area contributed by atoms with Gasteiger partial charge < -0.3 is 19.6 Å². The van der Waals surface area contributed by atoms with Gasteiger partial charge in [-0.05, 0) is 11.6 Å². The number of benzene rings is 1. The molecular weight excluding hydrogens is 496 g/mol. The van der Waals surface area contributed by atoms with Crippen LogP contribution in [0.25, 0.3) is 0 Å². The van der Waals surface area contributed by atoms with Gasteiger partial charge in [-0.1, -0.05) is 23.7 Å². The first-order valence-corrected chi connectivity index (χ1v) is 10.7. The lowest BCUT2D eigenvalue weighted by atomic mass is 9.94. The summed E-state index contributed by atoms with van der Waals surface area (Å²) in [4.78, 5) is 27.4. The number of piperazine rings is 1. The van der Waals surface area contributed by atoms with Crippen molar-refractivity contribution >= 4 is 23.6 Å². The van der Waals surface area contributed by atoms with Crippen molar-refractivity contribution in [3.05, 3.63) is 34.3 Å². The Morgan fingerprint density at radius 3 is 2.24 bits per heavy atom. The summed E-state index contributed by atoms with van der Waals surface area (Å²) in [5.41, 5.74) is 0.425. The van der Waals surface area contributed by atoms with Gasteiger partial charge >= 0.3 is 18.4 Å². The third-order valence-corrected chi connectivity index (χ3v) is 6.16. The van der Waals surface area contributed by atoms with Crippen LogP contribution in [0.3, 0.4) is 0 Å². The van der Waals surface area contributed by atoms with E-state index >= 15 is 0 Å². The van der Waals surface area contributed by atoms with Gasteiger partial charge in [-0.15, -0.1) is 0 Å². The summed E-state index contributed by atoms with van der Waals surface area (Å²) in [6.45, 7) is -0.435. The van der Waals surface area contributed by atoms with E-state index in [1.807, 2.05) is 0 Å². The molecule has 2 heterocycles. The van der Waals surface area contributed by atoms with Gasteiger partial charge in [-0.25, -0.2) is 4.79 Å². The molecule has 1 aromatic rings. The van der Waals surface area contributed by atoms with Gasteiger partial charge in [0.1, 0.15) is 0 Å². The quantitative estimate of drug-likeness (QED) is 0.616. The van der Waals surface area contributed by atoms with Gasteiger partial charge in [-0.3, -0.25) is 9.69 Å². The Hall–Kier alpha value is -2.25. The van der Waals surface area contributed by atoms with Crippen LogP contribution in [-0.2, 0) is 11.3 Å². The van der Waals surface area contributed by atoms with Crippen molar-refractivity contribution in [2.45, 2.75) is 24.9 Å². The van der Waals surface area contributed by atoms with Gasteiger partial charge in [-0.2, -0.15) is 26.3 Å². The predicted octanol–water partition coefficient (Wildman–Crippen LogP) is 3.72. The van der Waals surface area contributed by atoms with Gasteiger partial charge in [0, 0.05) is 39.3 Å². The second kappa shape index (κ2) is 10.2. The van der Waals surface area contributed by atoms with E-state index < -0.39 is 49.4 Å². The van der Waals surface area contributed by atoms with Crippen molar-refractivity contribution in [1.29, 1.82) is 0 Å². The topological polar surface area (TPSA) is 73.3 Å². The lowest BCUT2D eigenvalue weighted by molar-refractivity contribution is -0.300. The molecule has 2 amide bonds. The van der Waals surface area contributed by atoms with Gasteiger partial charge in [0.2, 0.25) is 0 Å². The number of amides is 2. The largest absolute Gasteiger partial charge is 0.465 e. The van der Waals surface area contributed by atoms with E-state index in [-0.39, 0.29) is 28.6 Å². The molecule has 14 heteroatoms. The number of carbonyl (C=O) groups is 2. The monoisotopic (exact) mass is 517 g/mol. The predicted molar refractivity (Wildman–Crippen MR) is 108 cm³/mol. The number of hydrogen-bond acceptors (Lipinski definition) is 4. The number of nitrogens with zero attached hydrogens (tertiary/aromatic N) is 3. The van der Waals surface area contributed by atoms with E-state index in [0.29, 0.717) is 31.9 Å². The average molecular weight is 518 g/mol. The fourth-order valence-electron chi connectivity index (χ4n) is 4.26. The van der Waals surface area contributed by atoms with Crippen LogP contribution in [0.2, 0.25) is 5.02 Å². The van der Waals surface area contributed by atoms with Crippen molar-refractivity contribution in [3.8, 4) is 0 Å². The first-order valence-electron chi connectivity index (χ1n) is 10.3. The number of ether oxygens (including phenoxy) is 1. The molecule has 2 fully saturated rings. The minimum absolute atomic E-state index is 0.0955. The maximum atomic E-state index is 13.4. The minimum Gasteiger partial charge on any atom is -0.465 e. The second-order valence-corrected chi connectivity index (χ2v) is 8.43. The highest BCUT2D eigenvalue weighted by Crippen LogP contribution is 2.44. The summed E-state index contributed by atoms with van der Waals surface area (Å²) in [5.74, 6) is -4.28. The molecular formula is C20H22ClF6N3O4. The summed E-state index contributed by atoms with van der Waals surface area (Å²) in [6.07, 6.45) is -13.3. The van der Waals surface area contributed by atoms with Crippen molar-refractivity contribution < 1.29 is 45.8 Å². The molecule has 2 aliphatic heterocycles. The molecule has 34 heavy (non-hydrogen) atoms. The average Bonchev–Trinajstić information content (AvgIpc) is 2.72. The zero-order chi connectivity index (χ0) is 25.3. The summed E-state index contributed by atoms with van der Waals surface area (Å²) < 4.78 is 85.5. The SMILES string of the molecule is O=C(c1c(Cl)cccc1CN1CCN(C(=O)O)C(C(C(F)(F)F)C(F)(F)F)C1)N1CCOCC1. The lowest BCUT2D eigenvalue weighted by Crippen LogP contribution is -2.62.